The van der Waals surface area contributed by atoms with Gasteiger partial charge in [0.25, 0.3) is 0 Å². The average Bonchev–Trinajstić information content (AvgIpc) is 3.24. The minimum atomic E-state index is 0.307. The lowest BCUT2D eigenvalue weighted by molar-refractivity contribution is 0.122. The fourth-order valence-corrected chi connectivity index (χ4v) is 3.98. The van der Waals surface area contributed by atoms with E-state index in [-0.39, 0.29) is 0 Å². The van der Waals surface area contributed by atoms with Gasteiger partial charge < -0.3 is 31.0 Å². The zero-order chi connectivity index (χ0) is 20.8. The van der Waals surface area contributed by atoms with E-state index in [1.165, 1.54) is 24.9 Å². The largest absolute Gasteiger partial charge is 0.382 e. The van der Waals surface area contributed by atoms with Crippen molar-refractivity contribution in [2.75, 3.05) is 41.8 Å². The molecule has 2 heterocycles. The molecule has 0 atom stereocenters. The highest BCUT2D eigenvalue weighted by Crippen LogP contribution is 2.22. The number of nitrogens with zero attached hydrogens (tertiary/aromatic N) is 3. The maximum Gasteiger partial charge on any atom is 0.160 e. The van der Waals surface area contributed by atoms with E-state index in [0.29, 0.717) is 29.2 Å². The van der Waals surface area contributed by atoms with Crippen LogP contribution in [0.5, 0.6) is 0 Å². The maximum absolute atomic E-state index is 6.26. The Morgan fingerprint density at radius 3 is 2.60 bits per heavy atom. The molecule has 0 bridgehead atoms. The molecule has 1 aromatic carbocycles. The zero-order valence-electron chi connectivity index (χ0n) is 17.4. The Morgan fingerprint density at radius 1 is 1.13 bits per heavy atom. The topological polar surface area (TPSA) is 104 Å². The lowest BCUT2D eigenvalue weighted by Crippen LogP contribution is -2.36. The molecule has 1 saturated carbocycles. The summed E-state index contributed by atoms with van der Waals surface area (Å²) in [5.74, 6) is 1.73. The third kappa shape index (κ3) is 5.13. The highest BCUT2D eigenvalue weighted by atomic mass is 16.5. The fraction of sp³-hybridized carbons (Fsp3) is 0.455. The summed E-state index contributed by atoms with van der Waals surface area (Å²) in [6, 6.07) is 8.61. The molecular formula is C22H31N7O. The molecule has 2 aliphatic rings. The van der Waals surface area contributed by atoms with Gasteiger partial charge in [-0.25, -0.2) is 4.98 Å². The number of morpholine rings is 1. The first-order valence-electron chi connectivity index (χ1n) is 10.7. The summed E-state index contributed by atoms with van der Waals surface area (Å²) in [5.41, 5.74) is 9.11. The van der Waals surface area contributed by atoms with E-state index in [1.807, 2.05) is 12.1 Å². The van der Waals surface area contributed by atoms with Gasteiger partial charge in [-0.1, -0.05) is 25.8 Å². The van der Waals surface area contributed by atoms with Crippen LogP contribution in [-0.4, -0.2) is 48.1 Å². The number of aromatic nitrogens is 2. The molecule has 30 heavy (non-hydrogen) atoms. The van der Waals surface area contributed by atoms with E-state index in [2.05, 4.69) is 44.2 Å². The Balaban J connectivity index is 1.35. The maximum atomic E-state index is 6.26. The minimum absolute atomic E-state index is 0.307. The van der Waals surface area contributed by atoms with E-state index in [4.69, 9.17) is 15.5 Å². The number of anilines is 3. The van der Waals surface area contributed by atoms with Crippen LogP contribution in [0.15, 0.2) is 48.0 Å². The van der Waals surface area contributed by atoms with Gasteiger partial charge in [0.05, 0.1) is 25.6 Å². The molecule has 0 spiro atoms. The van der Waals surface area contributed by atoms with E-state index in [1.54, 1.807) is 6.33 Å². The highest BCUT2D eigenvalue weighted by molar-refractivity contribution is 6.00. The van der Waals surface area contributed by atoms with Crippen molar-refractivity contribution in [2.24, 2.45) is 10.7 Å². The number of amidine groups is 1. The number of hydrogen-bond donors (Lipinski definition) is 4. The first-order valence-corrected chi connectivity index (χ1v) is 10.7. The molecule has 160 valence electrons. The second kappa shape index (κ2) is 9.67. The molecule has 5 N–H and O–H groups in total. The van der Waals surface area contributed by atoms with Gasteiger partial charge in [-0.05, 0) is 37.1 Å². The van der Waals surface area contributed by atoms with Gasteiger partial charge >= 0.3 is 0 Å². The molecule has 0 unspecified atom stereocenters. The Morgan fingerprint density at radius 2 is 1.87 bits per heavy atom. The molecule has 1 saturated heterocycles. The molecule has 0 radical (unpaired) electrons. The number of nitrogens with two attached hydrogens (primary N) is 1. The number of aliphatic imine (C=N–C) groups is 1. The van der Waals surface area contributed by atoms with Gasteiger partial charge in [0.15, 0.2) is 5.82 Å². The lowest BCUT2D eigenvalue weighted by Gasteiger charge is -2.29. The number of H-pyrrole nitrogens is 1. The molecule has 2 aromatic rings. The first-order chi connectivity index (χ1) is 14.7. The van der Waals surface area contributed by atoms with Crippen molar-refractivity contribution < 1.29 is 4.74 Å². The van der Waals surface area contributed by atoms with Gasteiger partial charge in [-0.15, -0.1) is 0 Å². The van der Waals surface area contributed by atoms with Crippen molar-refractivity contribution >= 4 is 23.0 Å². The van der Waals surface area contributed by atoms with Crippen LogP contribution in [0.3, 0.4) is 0 Å². The first kappa shape index (κ1) is 20.3. The number of benzene rings is 1. The van der Waals surface area contributed by atoms with Crippen LogP contribution in [-0.2, 0) is 4.74 Å². The van der Waals surface area contributed by atoms with Crippen molar-refractivity contribution in [3.05, 3.63) is 48.7 Å². The second-order valence-corrected chi connectivity index (χ2v) is 7.81. The zero-order valence-corrected chi connectivity index (χ0v) is 17.4. The normalized spacial score (nSPS) is 18.3. The molecular weight excluding hydrogens is 378 g/mol. The molecule has 1 aliphatic carbocycles. The van der Waals surface area contributed by atoms with Gasteiger partial charge in [-0.2, -0.15) is 0 Å². The van der Waals surface area contributed by atoms with E-state index in [9.17, 15) is 0 Å². The van der Waals surface area contributed by atoms with Crippen molar-refractivity contribution in [3.8, 4) is 0 Å². The fourth-order valence-electron chi connectivity index (χ4n) is 3.98. The quantitative estimate of drug-likeness (QED) is 0.413. The summed E-state index contributed by atoms with van der Waals surface area (Å²) in [5, 5.41) is 6.47. The number of rotatable bonds is 7. The highest BCUT2D eigenvalue weighted by Gasteiger charge is 2.16. The summed E-state index contributed by atoms with van der Waals surface area (Å²) in [4.78, 5) is 14.5. The lowest BCUT2D eigenvalue weighted by atomic mass is 9.96. The molecule has 1 aromatic heterocycles. The van der Waals surface area contributed by atoms with Gasteiger partial charge in [-0.3, -0.25) is 4.99 Å². The van der Waals surface area contributed by atoms with Crippen LogP contribution in [0.25, 0.3) is 0 Å². The van der Waals surface area contributed by atoms with Crippen LogP contribution < -0.4 is 21.3 Å². The number of hydrogen-bond acceptors (Lipinski definition) is 6. The van der Waals surface area contributed by atoms with Gasteiger partial charge in [0.1, 0.15) is 17.4 Å². The Labute approximate surface area is 177 Å². The summed E-state index contributed by atoms with van der Waals surface area (Å²) < 4.78 is 5.42. The van der Waals surface area contributed by atoms with Crippen molar-refractivity contribution in [2.45, 2.75) is 38.1 Å². The summed E-state index contributed by atoms with van der Waals surface area (Å²) in [6.07, 6.45) is 7.56. The predicted octanol–water partition coefficient (Wildman–Crippen LogP) is 3.28. The number of nitrogens with one attached hydrogen (secondary N) is 3. The van der Waals surface area contributed by atoms with Gasteiger partial charge in [0, 0.05) is 24.5 Å². The van der Waals surface area contributed by atoms with E-state index < -0.39 is 0 Å². The number of ether oxygens (including phenoxy) is 1. The molecule has 0 amide bonds. The Bertz CT molecular complexity index is 862. The number of aromatic amines is 1. The smallest absolute Gasteiger partial charge is 0.160 e. The molecule has 8 heteroatoms. The monoisotopic (exact) mass is 409 g/mol. The van der Waals surface area contributed by atoms with Crippen molar-refractivity contribution in [3.63, 3.8) is 0 Å². The van der Waals surface area contributed by atoms with Crippen LogP contribution >= 0.6 is 0 Å². The standard InChI is InChI=1S/C22H31N7O/c1-16(26-18-7-9-19(10-8-18)29-11-13-30-14-12-29)27-22-20(24-15-25-22)21(23)28-17-5-3-2-4-6-17/h7-10,15,17,26-27H,1-6,11-14H2,(H2,23,28)(H,24,25). The summed E-state index contributed by atoms with van der Waals surface area (Å²) in [6.45, 7) is 7.47. The van der Waals surface area contributed by atoms with Crippen molar-refractivity contribution in [1.82, 2.24) is 9.97 Å². The molecule has 8 nitrogen and oxygen atoms in total. The third-order valence-corrected chi connectivity index (χ3v) is 5.60. The van der Waals surface area contributed by atoms with Gasteiger partial charge in [0.2, 0.25) is 0 Å². The Kier molecular flexibility index (Phi) is 6.53. The predicted molar refractivity (Wildman–Crippen MR) is 122 cm³/mol. The second-order valence-electron chi connectivity index (χ2n) is 7.81. The average molecular weight is 410 g/mol. The third-order valence-electron chi connectivity index (χ3n) is 5.60. The molecule has 2 fully saturated rings. The summed E-state index contributed by atoms with van der Waals surface area (Å²) >= 11 is 0. The van der Waals surface area contributed by atoms with E-state index >= 15 is 0 Å². The molecule has 4 rings (SSSR count). The van der Waals surface area contributed by atoms with Crippen LogP contribution in [0.2, 0.25) is 0 Å². The van der Waals surface area contributed by atoms with Crippen LogP contribution in [0, 0.1) is 0 Å². The Hall–Kier alpha value is -3.00. The minimum Gasteiger partial charge on any atom is -0.382 e. The van der Waals surface area contributed by atoms with Crippen LogP contribution in [0.4, 0.5) is 17.2 Å². The number of imidazole rings is 1. The van der Waals surface area contributed by atoms with Crippen molar-refractivity contribution in [1.29, 1.82) is 0 Å². The van der Waals surface area contributed by atoms with Crippen LogP contribution in [0.1, 0.15) is 37.8 Å². The molecule has 1 aliphatic heterocycles. The summed E-state index contributed by atoms with van der Waals surface area (Å²) in [7, 11) is 0. The SMILES string of the molecule is C=C(Nc1ccc(N2CCOCC2)cc1)Nc1nc[nH]c1C(N)=NC1CCCCC1. The van der Waals surface area contributed by atoms with E-state index in [0.717, 1.165) is 44.8 Å².